The van der Waals surface area contributed by atoms with Crippen LogP contribution in [-0.2, 0) is 9.59 Å². The van der Waals surface area contributed by atoms with E-state index in [9.17, 15) is 9.59 Å². The van der Waals surface area contributed by atoms with Crippen molar-refractivity contribution in [3.05, 3.63) is 12.2 Å². The number of likely N-dealkylation sites (tertiary alicyclic amines) is 1. The highest BCUT2D eigenvalue weighted by Crippen LogP contribution is 2.52. The molecule has 0 aromatic heterocycles. The smallest absolute Gasteiger partial charge is 0.233 e. The van der Waals surface area contributed by atoms with Crippen molar-refractivity contribution in [1.82, 2.24) is 20.4 Å². The zero-order valence-corrected chi connectivity index (χ0v) is 18.9. The summed E-state index contributed by atoms with van der Waals surface area (Å²) in [6.45, 7) is 9.94. The Morgan fingerprint density at radius 1 is 1.00 bits per heavy atom. The lowest BCUT2D eigenvalue weighted by molar-refractivity contribution is -0.140. The average molecular weight is 418 g/mol. The molecule has 2 aliphatic carbocycles. The summed E-state index contributed by atoms with van der Waals surface area (Å²) in [4.78, 5) is 33.7. The van der Waals surface area contributed by atoms with E-state index in [1.807, 2.05) is 0 Å². The van der Waals surface area contributed by atoms with Gasteiger partial charge in [-0.25, -0.2) is 0 Å². The van der Waals surface area contributed by atoms with Gasteiger partial charge in [0.05, 0.1) is 11.8 Å². The third-order valence-corrected chi connectivity index (χ3v) is 6.66. The van der Waals surface area contributed by atoms with Crippen molar-refractivity contribution in [3.8, 4) is 0 Å². The number of nitrogens with one attached hydrogen (secondary N) is 2. The minimum atomic E-state index is -0.0881. The number of fused-ring (bicyclic) bond motifs is 5. The number of hydrogen-bond acceptors (Lipinski definition) is 4. The van der Waals surface area contributed by atoms with Crippen LogP contribution in [0.15, 0.2) is 17.1 Å². The molecule has 4 unspecified atom stereocenters. The van der Waals surface area contributed by atoms with Crippen molar-refractivity contribution < 1.29 is 9.59 Å². The zero-order valence-electron chi connectivity index (χ0n) is 18.9. The molecule has 4 atom stereocenters. The van der Waals surface area contributed by atoms with E-state index in [1.165, 1.54) is 17.7 Å². The molecule has 2 bridgehead atoms. The van der Waals surface area contributed by atoms with Gasteiger partial charge in [0.1, 0.15) is 0 Å². The number of rotatable bonds is 12. The molecule has 3 aliphatic rings. The van der Waals surface area contributed by atoms with Gasteiger partial charge in [-0.05, 0) is 63.6 Å². The number of carbonyl (C=O) groups is 2. The third-order valence-electron chi connectivity index (χ3n) is 6.66. The molecule has 30 heavy (non-hydrogen) atoms. The van der Waals surface area contributed by atoms with E-state index < -0.39 is 0 Å². The molecule has 7 heteroatoms. The monoisotopic (exact) mass is 417 g/mol. The number of imide groups is 1. The Morgan fingerprint density at radius 3 is 2.10 bits per heavy atom. The average Bonchev–Trinajstić information content (AvgIpc) is 3.42. The molecule has 2 fully saturated rings. The fourth-order valence-electron chi connectivity index (χ4n) is 5.33. The van der Waals surface area contributed by atoms with E-state index in [0.717, 1.165) is 51.4 Å². The Bertz CT molecular complexity index is 626. The predicted octanol–water partition coefficient (Wildman–Crippen LogP) is 1.86. The van der Waals surface area contributed by atoms with E-state index in [0.29, 0.717) is 13.1 Å². The van der Waals surface area contributed by atoms with E-state index in [-0.39, 0.29) is 35.5 Å². The van der Waals surface area contributed by atoms with Gasteiger partial charge >= 0.3 is 0 Å². The van der Waals surface area contributed by atoms with Crippen LogP contribution in [0.4, 0.5) is 0 Å². The van der Waals surface area contributed by atoms with Crippen molar-refractivity contribution in [2.45, 2.75) is 46.0 Å². The molecule has 0 aromatic carbocycles. The van der Waals surface area contributed by atoms with Crippen molar-refractivity contribution in [2.75, 3.05) is 46.3 Å². The van der Waals surface area contributed by atoms with E-state index in [4.69, 9.17) is 0 Å². The molecule has 2 amide bonds. The van der Waals surface area contributed by atoms with Crippen LogP contribution >= 0.6 is 0 Å². The number of hydrogen-bond donors (Lipinski definition) is 2. The number of amides is 2. The van der Waals surface area contributed by atoms with Crippen molar-refractivity contribution in [2.24, 2.45) is 28.7 Å². The summed E-state index contributed by atoms with van der Waals surface area (Å²) >= 11 is 0. The lowest BCUT2D eigenvalue weighted by Crippen LogP contribution is -2.41. The minimum Gasteiger partial charge on any atom is -0.356 e. The van der Waals surface area contributed by atoms with Crippen LogP contribution in [-0.4, -0.2) is 73.9 Å². The second kappa shape index (κ2) is 10.9. The zero-order chi connectivity index (χ0) is 21.5. The Hall–Kier alpha value is -1.89. The molecule has 168 valence electrons. The van der Waals surface area contributed by atoms with E-state index in [1.54, 1.807) is 7.05 Å². The standard InChI is InChI=1S/C23H39N5O2/c1-4-12-27(13-5-2)14-6-10-25-23(24-3)26-11-7-15-28-21(29)19-17-8-9-18(16-17)20(19)22(28)30/h8-9,17-20H,4-7,10-16H2,1-3H3,(H2,24,25,26). The minimum absolute atomic E-state index is 0.0491. The second-order valence-electron chi connectivity index (χ2n) is 8.80. The lowest BCUT2D eigenvalue weighted by Gasteiger charge is -2.21. The maximum absolute atomic E-state index is 12.7. The fraction of sp³-hybridized carbons (Fsp3) is 0.783. The van der Waals surface area contributed by atoms with Crippen LogP contribution in [0.1, 0.15) is 46.0 Å². The number of aliphatic imine (C=N–C) groups is 1. The number of carbonyl (C=O) groups excluding carboxylic acids is 2. The summed E-state index contributed by atoms with van der Waals surface area (Å²) in [5, 5.41) is 6.67. The first kappa shape index (κ1) is 22.8. The van der Waals surface area contributed by atoms with Crippen LogP contribution in [0, 0.1) is 23.7 Å². The normalized spacial score (nSPS) is 27.5. The second-order valence-corrected chi connectivity index (χ2v) is 8.80. The third kappa shape index (κ3) is 5.05. The van der Waals surface area contributed by atoms with Gasteiger partial charge in [-0.3, -0.25) is 19.5 Å². The summed E-state index contributed by atoms with van der Waals surface area (Å²) in [5.74, 6) is 1.28. The van der Waals surface area contributed by atoms with Gasteiger partial charge in [0.15, 0.2) is 5.96 Å². The number of nitrogens with zero attached hydrogens (tertiary/aromatic N) is 3. The predicted molar refractivity (Wildman–Crippen MR) is 120 cm³/mol. The summed E-state index contributed by atoms with van der Waals surface area (Å²) in [5.41, 5.74) is 0. The van der Waals surface area contributed by atoms with Gasteiger partial charge in [-0.15, -0.1) is 0 Å². The first-order valence-electron chi connectivity index (χ1n) is 11.8. The van der Waals surface area contributed by atoms with Gasteiger partial charge in [-0.1, -0.05) is 26.0 Å². The molecule has 1 heterocycles. The number of allylic oxidation sites excluding steroid dienone is 2. The fourth-order valence-corrected chi connectivity index (χ4v) is 5.33. The van der Waals surface area contributed by atoms with Crippen molar-refractivity contribution >= 4 is 17.8 Å². The highest BCUT2D eigenvalue weighted by Gasteiger charge is 2.58. The Balaban J connectivity index is 1.32. The molecular weight excluding hydrogens is 378 g/mol. The topological polar surface area (TPSA) is 77.0 Å². The first-order valence-corrected chi connectivity index (χ1v) is 11.8. The van der Waals surface area contributed by atoms with Crippen LogP contribution in [0.25, 0.3) is 0 Å². The summed E-state index contributed by atoms with van der Waals surface area (Å²) in [6.07, 6.45) is 9.47. The van der Waals surface area contributed by atoms with Crippen molar-refractivity contribution in [3.63, 3.8) is 0 Å². The largest absolute Gasteiger partial charge is 0.356 e. The van der Waals surface area contributed by atoms with Gasteiger partial charge in [0.25, 0.3) is 0 Å². The van der Waals surface area contributed by atoms with E-state index >= 15 is 0 Å². The van der Waals surface area contributed by atoms with Crippen molar-refractivity contribution in [1.29, 1.82) is 0 Å². The number of guanidine groups is 1. The van der Waals surface area contributed by atoms with Gasteiger partial charge in [0.2, 0.25) is 11.8 Å². The van der Waals surface area contributed by atoms with E-state index in [2.05, 4.69) is 46.5 Å². The molecule has 0 radical (unpaired) electrons. The van der Waals surface area contributed by atoms with Gasteiger partial charge in [-0.2, -0.15) is 0 Å². The highest BCUT2D eigenvalue weighted by molar-refractivity contribution is 6.06. The maximum Gasteiger partial charge on any atom is 0.233 e. The SMILES string of the molecule is CCCN(CCC)CCCNC(=NC)NCCCN1C(=O)C2C3C=CC(C3)C2C1=O. The van der Waals surface area contributed by atoms with Crippen LogP contribution in [0.2, 0.25) is 0 Å². The molecule has 1 saturated heterocycles. The molecule has 1 saturated carbocycles. The maximum atomic E-state index is 12.7. The quantitative estimate of drug-likeness (QED) is 0.167. The first-order chi connectivity index (χ1) is 14.6. The lowest BCUT2D eigenvalue weighted by atomic mass is 9.85. The summed E-state index contributed by atoms with van der Waals surface area (Å²) in [6, 6.07) is 0. The Labute approximate surface area is 181 Å². The molecule has 7 nitrogen and oxygen atoms in total. The summed E-state index contributed by atoms with van der Waals surface area (Å²) < 4.78 is 0. The Morgan fingerprint density at radius 2 is 1.57 bits per heavy atom. The van der Waals surface area contributed by atoms with Crippen LogP contribution in [0.5, 0.6) is 0 Å². The van der Waals surface area contributed by atoms with Gasteiger partial charge < -0.3 is 15.5 Å². The summed E-state index contributed by atoms with van der Waals surface area (Å²) in [7, 11) is 1.77. The molecular formula is C23H39N5O2. The Kier molecular flexibility index (Phi) is 8.31. The molecule has 0 aromatic rings. The van der Waals surface area contributed by atoms with Crippen LogP contribution in [0.3, 0.4) is 0 Å². The van der Waals surface area contributed by atoms with Gasteiger partial charge in [0, 0.05) is 26.7 Å². The molecule has 1 aliphatic heterocycles. The van der Waals surface area contributed by atoms with Crippen LogP contribution < -0.4 is 10.6 Å². The molecule has 0 spiro atoms. The molecule has 3 rings (SSSR count). The molecule has 2 N–H and O–H groups in total. The highest BCUT2D eigenvalue weighted by atomic mass is 16.2.